The van der Waals surface area contributed by atoms with Crippen molar-refractivity contribution in [2.75, 3.05) is 0 Å². The van der Waals surface area contributed by atoms with E-state index in [4.69, 9.17) is 0 Å². The molecule has 0 saturated carbocycles. The van der Waals surface area contributed by atoms with Gasteiger partial charge in [-0.2, -0.15) is 0 Å². The number of benzene rings is 2. The Kier molecular flexibility index (Phi) is 3.92. The molecule has 2 nitrogen and oxygen atoms in total. The molecule has 0 radical (unpaired) electrons. The fraction of sp³-hybridized carbons (Fsp3) is 0.263. The molecule has 1 unspecified atom stereocenters. The SMILES string of the molecule is CCc1ccc(-c2ccc3c(c2)C=CCC(C)S3(=O)=O)cc1. The van der Waals surface area contributed by atoms with Crippen molar-refractivity contribution in [1.82, 2.24) is 0 Å². The maximum absolute atomic E-state index is 12.5. The van der Waals surface area contributed by atoms with Gasteiger partial charge in [0.2, 0.25) is 0 Å². The van der Waals surface area contributed by atoms with Gasteiger partial charge in [0.1, 0.15) is 0 Å². The van der Waals surface area contributed by atoms with Gasteiger partial charge in [0.15, 0.2) is 9.84 Å². The summed E-state index contributed by atoms with van der Waals surface area (Å²) in [5.41, 5.74) is 4.26. The Bertz CT molecular complexity index is 815. The van der Waals surface area contributed by atoms with Gasteiger partial charge in [-0.15, -0.1) is 0 Å². The molecular weight excluding hydrogens is 292 g/mol. The minimum atomic E-state index is -3.23. The monoisotopic (exact) mass is 312 g/mol. The van der Waals surface area contributed by atoms with Crippen molar-refractivity contribution >= 4 is 15.9 Å². The van der Waals surface area contributed by atoms with Crippen molar-refractivity contribution in [3.63, 3.8) is 0 Å². The van der Waals surface area contributed by atoms with Gasteiger partial charge in [-0.05, 0) is 54.2 Å². The van der Waals surface area contributed by atoms with Crippen molar-refractivity contribution < 1.29 is 8.42 Å². The Balaban J connectivity index is 2.08. The second-order valence-corrected chi connectivity index (χ2v) is 8.13. The summed E-state index contributed by atoms with van der Waals surface area (Å²) in [5, 5.41) is -0.361. The molecule has 1 aliphatic rings. The van der Waals surface area contributed by atoms with E-state index in [-0.39, 0.29) is 5.25 Å². The molecule has 114 valence electrons. The first-order valence-electron chi connectivity index (χ1n) is 7.66. The zero-order valence-corrected chi connectivity index (χ0v) is 13.7. The maximum Gasteiger partial charge on any atom is 0.181 e. The largest absolute Gasteiger partial charge is 0.223 e. The highest BCUT2D eigenvalue weighted by molar-refractivity contribution is 7.92. The van der Waals surface area contributed by atoms with Gasteiger partial charge in [0.25, 0.3) is 0 Å². The van der Waals surface area contributed by atoms with E-state index >= 15 is 0 Å². The van der Waals surface area contributed by atoms with Crippen molar-refractivity contribution in [3.8, 4) is 11.1 Å². The van der Waals surface area contributed by atoms with Crippen molar-refractivity contribution in [2.24, 2.45) is 0 Å². The predicted octanol–water partition coefficient (Wildman–Crippen LogP) is 4.50. The van der Waals surface area contributed by atoms with Crippen LogP contribution in [-0.4, -0.2) is 13.7 Å². The van der Waals surface area contributed by atoms with Gasteiger partial charge >= 0.3 is 0 Å². The molecule has 0 fully saturated rings. The molecule has 0 aromatic heterocycles. The summed E-state index contributed by atoms with van der Waals surface area (Å²) in [6.45, 7) is 3.90. The summed E-state index contributed by atoms with van der Waals surface area (Å²) in [7, 11) is -3.23. The molecule has 3 heteroatoms. The summed E-state index contributed by atoms with van der Waals surface area (Å²) in [4.78, 5) is 0.447. The molecule has 1 aliphatic heterocycles. The highest BCUT2D eigenvalue weighted by Gasteiger charge is 2.26. The first kappa shape index (κ1) is 15.0. The quantitative estimate of drug-likeness (QED) is 0.818. The lowest BCUT2D eigenvalue weighted by atomic mass is 10.0. The van der Waals surface area contributed by atoms with Crippen LogP contribution < -0.4 is 0 Å². The fourth-order valence-electron chi connectivity index (χ4n) is 2.78. The third kappa shape index (κ3) is 2.61. The van der Waals surface area contributed by atoms with Crippen molar-refractivity contribution in [1.29, 1.82) is 0 Å². The molecule has 0 aliphatic carbocycles. The fourth-order valence-corrected chi connectivity index (χ4v) is 4.29. The van der Waals surface area contributed by atoms with E-state index < -0.39 is 9.84 Å². The average Bonchev–Trinajstić information content (AvgIpc) is 2.64. The van der Waals surface area contributed by atoms with Crippen LogP contribution in [0.1, 0.15) is 31.4 Å². The molecule has 2 aromatic rings. The zero-order valence-electron chi connectivity index (χ0n) is 12.9. The van der Waals surface area contributed by atoms with E-state index in [1.807, 2.05) is 24.3 Å². The summed E-state index contributed by atoms with van der Waals surface area (Å²) in [6, 6.07) is 14.1. The average molecular weight is 312 g/mol. The molecule has 0 saturated heterocycles. The Labute approximate surface area is 132 Å². The van der Waals surface area contributed by atoms with Gasteiger partial charge in [0, 0.05) is 0 Å². The number of sulfone groups is 1. The van der Waals surface area contributed by atoms with Crippen LogP contribution in [0, 0.1) is 0 Å². The van der Waals surface area contributed by atoms with Crippen LogP contribution in [0.25, 0.3) is 17.2 Å². The van der Waals surface area contributed by atoms with Crippen LogP contribution in [0.2, 0.25) is 0 Å². The standard InChI is InChI=1S/C19H20O2S/c1-3-15-7-9-16(10-8-15)17-11-12-19-18(13-17)6-4-5-14(2)22(19,20)21/h4,6-14H,3,5H2,1-2H3. The van der Waals surface area contributed by atoms with Gasteiger partial charge in [0.05, 0.1) is 10.1 Å². The Morgan fingerprint density at radius 1 is 1.05 bits per heavy atom. The number of aryl methyl sites for hydroxylation is 1. The topological polar surface area (TPSA) is 34.1 Å². The van der Waals surface area contributed by atoms with Gasteiger partial charge in [-0.25, -0.2) is 8.42 Å². The molecular formula is C19H20O2S. The van der Waals surface area contributed by atoms with Gasteiger partial charge in [-0.1, -0.05) is 49.4 Å². The van der Waals surface area contributed by atoms with Crippen LogP contribution in [0.3, 0.4) is 0 Å². The molecule has 22 heavy (non-hydrogen) atoms. The summed E-state index contributed by atoms with van der Waals surface area (Å²) in [6.07, 6.45) is 5.47. The smallest absolute Gasteiger partial charge is 0.181 e. The number of allylic oxidation sites excluding steroid dienone is 1. The minimum absolute atomic E-state index is 0.361. The summed E-state index contributed by atoms with van der Waals surface area (Å²) >= 11 is 0. The second kappa shape index (κ2) is 5.73. The molecule has 0 amide bonds. The lowest BCUT2D eigenvalue weighted by Gasteiger charge is -2.12. The predicted molar refractivity (Wildman–Crippen MR) is 91.6 cm³/mol. The van der Waals surface area contributed by atoms with E-state index in [9.17, 15) is 8.42 Å². The Morgan fingerprint density at radius 2 is 1.73 bits per heavy atom. The number of fused-ring (bicyclic) bond motifs is 1. The van der Waals surface area contributed by atoms with Crippen LogP contribution in [0.4, 0.5) is 0 Å². The summed E-state index contributed by atoms with van der Waals surface area (Å²) in [5.74, 6) is 0. The van der Waals surface area contributed by atoms with E-state index in [2.05, 4.69) is 31.2 Å². The zero-order chi connectivity index (χ0) is 15.7. The molecule has 0 N–H and O–H groups in total. The first-order valence-corrected chi connectivity index (χ1v) is 9.21. The highest BCUT2D eigenvalue weighted by Crippen LogP contribution is 2.31. The summed E-state index contributed by atoms with van der Waals surface area (Å²) < 4.78 is 25.0. The second-order valence-electron chi connectivity index (χ2n) is 5.80. The van der Waals surface area contributed by atoms with E-state index in [0.29, 0.717) is 11.3 Å². The maximum atomic E-state index is 12.5. The van der Waals surface area contributed by atoms with Crippen LogP contribution in [-0.2, 0) is 16.3 Å². The Morgan fingerprint density at radius 3 is 2.41 bits per heavy atom. The number of hydrogen-bond donors (Lipinski definition) is 0. The third-order valence-corrected chi connectivity index (χ3v) is 6.54. The van der Waals surface area contributed by atoms with Gasteiger partial charge in [-0.3, -0.25) is 0 Å². The van der Waals surface area contributed by atoms with Crippen molar-refractivity contribution in [3.05, 3.63) is 59.7 Å². The van der Waals surface area contributed by atoms with E-state index in [0.717, 1.165) is 23.1 Å². The lowest BCUT2D eigenvalue weighted by molar-refractivity contribution is 0.584. The molecule has 0 bridgehead atoms. The molecule has 3 rings (SSSR count). The third-order valence-electron chi connectivity index (χ3n) is 4.31. The van der Waals surface area contributed by atoms with E-state index in [1.54, 1.807) is 13.0 Å². The van der Waals surface area contributed by atoms with Crippen LogP contribution in [0.15, 0.2) is 53.4 Å². The van der Waals surface area contributed by atoms with E-state index in [1.165, 1.54) is 5.56 Å². The first-order chi connectivity index (χ1) is 10.5. The Hall–Kier alpha value is -1.87. The highest BCUT2D eigenvalue weighted by atomic mass is 32.2. The normalized spacial score (nSPS) is 19.5. The van der Waals surface area contributed by atoms with Crippen LogP contribution >= 0.6 is 0 Å². The van der Waals surface area contributed by atoms with Crippen LogP contribution in [0.5, 0.6) is 0 Å². The molecule has 1 heterocycles. The molecule has 2 aromatic carbocycles. The van der Waals surface area contributed by atoms with Crippen molar-refractivity contribution in [2.45, 2.75) is 36.8 Å². The lowest BCUT2D eigenvalue weighted by Crippen LogP contribution is -2.16. The number of rotatable bonds is 2. The number of hydrogen-bond acceptors (Lipinski definition) is 2. The molecule has 0 spiro atoms. The van der Waals surface area contributed by atoms with Gasteiger partial charge < -0.3 is 0 Å². The molecule has 1 atom stereocenters. The minimum Gasteiger partial charge on any atom is -0.223 e.